The van der Waals surface area contributed by atoms with E-state index in [0.29, 0.717) is 5.92 Å². The van der Waals surface area contributed by atoms with Crippen LogP contribution >= 0.6 is 0 Å². The molecule has 0 radical (unpaired) electrons. The molecule has 0 aromatic heterocycles. The lowest BCUT2D eigenvalue weighted by molar-refractivity contribution is 0.0623. The second-order valence-electron chi connectivity index (χ2n) is 6.76. The van der Waals surface area contributed by atoms with E-state index in [1.807, 2.05) is 7.05 Å². The van der Waals surface area contributed by atoms with Crippen LogP contribution < -0.4 is 5.32 Å². The second-order valence-corrected chi connectivity index (χ2v) is 6.76. The smallest absolute Gasteiger partial charge is 0.0628 e. The molecule has 5 nitrogen and oxygen atoms in total. The summed E-state index contributed by atoms with van der Waals surface area (Å²) in [5, 5.41) is 13.2. The number of hydrogen-bond acceptors (Lipinski definition) is 5. The molecule has 1 saturated heterocycles. The number of likely N-dealkylation sites (N-methyl/N-ethyl adjacent to an activating group) is 2. The lowest BCUT2D eigenvalue weighted by Crippen LogP contribution is -2.59. The van der Waals surface area contributed by atoms with Crippen LogP contribution in [0.15, 0.2) is 0 Å². The largest absolute Gasteiger partial charge is 0.394 e. The van der Waals surface area contributed by atoms with Gasteiger partial charge in [-0.3, -0.25) is 9.80 Å². The first kappa shape index (κ1) is 16.2. The van der Waals surface area contributed by atoms with Gasteiger partial charge in [-0.2, -0.15) is 0 Å². The van der Waals surface area contributed by atoms with E-state index in [1.54, 1.807) is 0 Å². The quantitative estimate of drug-likeness (QED) is 0.631. The molecule has 20 heavy (non-hydrogen) atoms. The number of piperazine rings is 1. The Kier molecular flexibility index (Phi) is 5.81. The molecule has 2 aliphatic rings. The van der Waals surface area contributed by atoms with Crippen molar-refractivity contribution in [2.75, 3.05) is 73.6 Å². The summed E-state index contributed by atoms with van der Waals surface area (Å²) in [5.41, 5.74) is -0.0637. The molecular formula is C15H32N4O. The first-order valence-corrected chi connectivity index (χ1v) is 7.99. The Labute approximate surface area is 123 Å². The van der Waals surface area contributed by atoms with Gasteiger partial charge >= 0.3 is 0 Å². The normalized spacial score (nSPS) is 25.1. The van der Waals surface area contributed by atoms with Crippen LogP contribution in [0, 0.1) is 5.92 Å². The number of rotatable bonds is 8. The Hall–Kier alpha value is -0.200. The fourth-order valence-electron chi connectivity index (χ4n) is 3.22. The summed E-state index contributed by atoms with van der Waals surface area (Å²) in [6.07, 6.45) is 2.54. The van der Waals surface area contributed by atoms with Gasteiger partial charge in [0, 0.05) is 45.8 Å². The third kappa shape index (κ3) is 4.15. The van der Waals surface area contributed by atoms with Crippen molar-refractivity contribution in [2.24, 2.45) is 5.92 Å². The highest BCUT2D eigenvalue weighted by Crippen LogP contribution is 2.39. The molecule has 0 aromatic carbocycles. The zero-order valence-electron chi connectivity index (χ0n) is 13.4. The van der Waals surface area contributed by atoms with Gasteiger partial charge < -0.3 is 15.3 Å². The maximum absolute atomic E-state index is 9.81. The lowest BCUT2D eigenvalue weighted by atomic mass is 9.93. The molecule has 0 spiro atoms. The highest BCUT2D eigenvalue weighted by atomic mass is 16.3. The maximum Gasteiger partial charge on any atom is 0.0628 e. The summed E-state index contributed by atoms with van der Waals surface area (Å²) < 4.78 is 0. The monoisotopic (exact) mass is 284 g/mol. The first-order valence-electron chi connectivity index (χ1n) is 7.99. The third-order valence-electron chi connectivity index (χ3n) is 4.97. The molecule has 1 saturated carbocycles. The number of aliphatic hydroxyl groups excluding tert-OH is 1. The molecule has 118 valence electrons. The van der Waals surface area contributed by atoms with Gasteiger partial charge in [0.15, 0.2) is 0 Å². The highest BCUT2D eigenvalue weighted by Gasteiger charge is 2.44. The molecule has 1 unspecified atom stereocenters. The van der Waals surface area contributed by atoms with Crippen LogP contribution in [0.2, 0.25) is 0 Å². The van der Waals surface area contributed by atoms with E-state index >= 15 is 0 Å². The summed E-state index contributed by atoms with van der Waals surface area (Å²) in [6.45, 7) is 8.13. The maximum atomic E-state index is 9.81. The average molecular weight is 284 g/mol. The zero-order valence-corrected chi connectivity index (χ0v) is 13.4. The zero-order chi connectivity index (χ0) is 14.6. The lowest BCUT2D eigenvalue weighted by Gasteiger charge is -2.41. The van der Waals surface area contributed by atoms with Gasteiger partial charge in [-0.05, 0) is 39.9 Å². The van der Waals surface area contributed by atoms with Crippen molar-refractivity contribution < 1.29 is 5.11 Å². The summed E-state index contributed by atoms with van der Waals surface area (Å²) in [6, 6.07) is 0. The molecular weight excluding hydrogens is 252 g/mol. The van der Waals surface area contributed by atoms with E-state index < -0.39 is 0 Å². The van der Waals surface area contributed by atoms with Gasteiger partial charge in [-0.1, -0.05) is 0 Å². The van der Waals surface area contributed by atoms with Crippen molar-refractivity contribution in [1.29, 1.82) is 0 Å². The predicted molar refractivity (Wildman–Crippen MR) is 83.0 cm³/mol. The minimum absolute atomic E-state index is 0.0637. The molecule has 2 N–H and O–H groups in total. The van der Waals surface area contributed by atoms with Crippen LogP contribution in [-0.4, -0.2) is 98.9 Å². The summed E-state index contributed by atoms with van der Waals surface area (Å²) >= 11 is 0. The third-order valence-corrected chi connectivity index (χ3v) is 4.97. The van der Waals surface area contributed by atoms with Gasteiger partial charge in [-0.15, -0.1) is 0 Å². The molecule has 0 amide bonds. The van der Waals surface area contributed by atoms with Crippen LogP contribution in [0.4, 0.5) is 0 Å². The standard InChI is InChI=1S/C15H32N4O/c1-16-15(13-20,14-4-5-14)12-19-10-8-18(9-11-19)7-6-17(2)3/h14,16,20H,4-13H2,1-3H3. The average Bonchev–Trinajstić information content (AvgIpc) is 3.29. The summed E-state index contributed by atoms with van der Waals surface area (Å²) in [5.74, 6) is 0.671. The van der Waals surface area contributed by atoms with E-state index in [1.165, 1.54) is 19.4 Å². The van der Waals surface area contributed by atoms with Crippen molar-refractivity contribution in [2.45, 2.75) is 18.4 Å². The highest BCUT2D eigenvalue weighted by molar-refractivity contribution is 5.02. The minimum Gasteiger partial charge on any atom is -0.394 e. The fraction of sp³-hybridized carbons (Fsp3) is 1.00. The molecule has 1 heterocycles. The van der Waals surface area contributed by atoms with E-state index in [0.717, 1.165) is 39.3 Å². The van der Waals surface area contributed by atoms with Crippen LogP contribution in [0.1, 0.15) is 12.8 Å². The van der Waals surface area contributed by atoms with Crippen molar-refractivity contribution in [3.63, 3.8) is 0 Å². The van der Waals surface area contributed by atoms with Crippen molar-refractivity contribution in [3.05, 3.63) is 0 Å². The Morgan fingerprint density at radius 2 is 1.75 bits per heavy atom. The number of nitrogens with zero attached hydrogens (tertiary/aromatic N) is 3. The molecule has 1 aliphatic heterocycles. The molecule has 5 heteroatoms. The van der Waals surface area contributed by atoms with Gasteiger partial charge in [0.25, 0.3) is 0 Å². The fourth-order valence-corrected chi connectivity index (χ4v) is 3.22. The Balaban J connectivity index is 1.75. The van der Waals surface area contributed by atoms with E-state index in [4.69, 9.17) is 0 Å². The van der Waals surface area contributed by atoms with Crippen molar-refractivity contribution in [3.8, 4) is 0 Å². The van der Waals surface area contributed by atoms with Crippen LogP contribution in [0.25, 0.3) is 0 Å². The molecule has 0 bridgehead atoms. The van der Waals surface area contributed by atoms with Crippen molar-refractivity contribution >= 4 is 0 Å². The predicted octanol–water partition coefficient (Wildman–Crippen LogP) is -0.474. The Bertz CT molecular complexity index is 282. The van der Waals surface area contributed by atoms with Gasteiger partial charge in [0.05, 0.1) is 12.1 Å². The van der Waals surface area contributed by atoms with Crippen molar-refractivity contribution in [1.82, 2.24) is 20.0 Å². The second kappa shape index (κ2) is 7.18. The molecule has 2 fully saturated rings. The van der Waals surface area contributed by atoms with Gasteiger partial charge in [-0.25, -0.2) is 0 Å². The van der Waals surface area contributed by atoms with E-state index in [9.17, 15) is 5.11 Å². The molecule has 2 rings (SSSR count). The number of hydrogen-bond donors (Lipinski definition) is 2. The van der Waals surface area contributed by atoms with Crippen LogP contribution in [0.5, 0.6) is 0 Å². The number of aliphatic hydroxyl groups is 1. The van der Waals surface area contributed by atoms with Gasteiger partial charge in [0.1, 0.15) is 0 Å². The van der Waals surface area contributed by atoms with Crippen LogP contribution in [0.3, 0.4) is 0 Å². The molecule has 1 aliphatic carbocycles. The van der Waals surface area contributed by atoms with E-state index in [2.05, 4.69) is 34.1 Å². The topological polar surface area (TPSA) is 42.0 Å². The summed E-state index contributed by atoms with van der Waals surface area (Å²) in [7, 11) is 6.27. The number of nitrogens with one attached hydrogen (secondary N) is 1. The minimum atomic E-state index is -0.0637. The van der Waals surface area contributed by atoms with E-state index in [-0.39, 0.29) is 12.1 Å². The van der Waals surface area contributed by atoms with Crippen LogP contribution in [-0.2, 0) is 0 Å². The molecule has 0 aromatic rings. The molecule has 1 atom stereocenters. The summed E-state index contributed by atoms with van der Waals surface area (Å²) in [4.78, 5) is 7.32. The van der Waals surface area contributed by atoms with Gasteiger partial charge in [0.2, 0.25) is 0 Å². The SMILES string of the molecule is CNC(CO)(CN1CCN(CCN(C)C)CC1)C1CC1. The Morgan fingerprint density at radius 3 is 2.20 bits per heavy atom. The Morgan fingerprint density at radius 1 is 1.15 bits per heavy atom. The first-order chi connectivity index (χ1) is 9.59.